The summed E-state index contributed by atoms with van der Waals surface area (Å²) >= 11 is 1.43. The Morgan fingerprint density at radius 2 is 2.17 bits per heavy atom. The normalized spacial score (nSPS) is 17.4. The zero-order valence-corrected chi connectivity index (χ0v) is 11.6. The van der Waals surface area contributed by atoms with E-state index in [1.165, 1.54) is 11.5 Å². The first-order valence-corrected chi connectivity index (χ1v) is 7.14. The molecule has 0 aliphatic carbocycles. The predicted molar refractivity (Wildman–Crippen MR) is 71.0 cm³/mol. The molecule has 1 aromatic heterocycles. The molecule has 0 spiro atoms. The highest BCUT2D eigenvalue weighted by atomic mass is 32.1. The number of carboxylic acid groups (broad SMARTS) is 1. The molecule has 1 fully saturated rings. The van der Waals surface area contributed by atoms with Crippen molar-refractivity contribution in [1.82, 2.24) is 9.36 Å². The van der Waals surface area contributed by atoms with Gasteiger partial charge in [-0.3, -0.25) is 4.79 Å². The quantitative estimate of drug-likeness (QED) is 0.906. The molecule has 5 nitrogen and oxygen atoms in total. The van der Waals surface area contributed by atoms with Gasteiger partial charge in [-0.25, -0.2) is 4.98 Å². The number of carbonyl (C=O) groups is 1. The van der Waals surface area contributed by atoms with Gasteiger partial charge < -0.3 is 10.0 Å². The number of rotatable bonds is 4. The summed E-state index contributed by atoms with van der Waals surface area (Å²) in [6, 6.07) is 0. The topological polar surface area (TPSA) is 66.3 Å². The molecule has 0 unspecified atom stereocenters. The van der Waals surface area contributed by atoms with Gasteiger partial charge in [-0.15, -0.1) is 0 Å². The molecule has 100 valence electrons. The second-order valence-electron chi connectivity index (χ2n) is 5.19. The molecule has 2 heterocycles. The molecule has 2 rings (SSSR count). The van der Waals surface area contributed by atoms with E-state index in [1.807, 2.05) is 0 Å². The third-order valence-corrected chi connectivity index (χ3v) is 3.98. The lowest BCUT2D eigenvalue weighted by atomic mass is 9.98. The highest BCUT2D eigenvalue weighted by molar-refractivity contribution is 7.09. The summed E-state index contributed by atoms with van der Waals surface area (Å²) in [5.74, 6) is 0.604. The first-order valence-electron chi connectivity index (χ1n) is 6.36. The lowest BCUT2D eigenvalue weighted by molar-refractivity contribution is -0.142. The summed E-state index contributed by atoms with van der Waals surface area (Å²) < 4.78 is 4.36. The summed E-state index contributed by atoms with van der Waals surface area (Å²) in [7, 11) is 0. The average molecular weight is 269 g/mol. The molecule has 1 saturated heterocycles. The van der Waals surface area contributed by atoms with E-state index in [0.29, 0.717) is 18.8 Å². The van der Waals surface area contributed by atoms with E-state index in [1.54, 1.807) is 0 Å². The van der Waals surface area contributed by atoms with Gasteiger partial charge in [0.2, 0.25) is 5.13 Å². The van der Waals surface area contributed by atoms with Crippen molar-refractivity contribution in [2.45, 2.75) is 33.1 Å². The molecule has 0 saturated carbocycles. The second kappa shape index (κ2) is 5.65. The highest BCUT2D eigenvalue weighted by Crippen LogP contribution is 2.25. The van der Waals surface area contributed by atoms with Crippen molar-refractivity contribution in [3.63, 3.8) is 0 Å². The van der Waals surface area contributed by atoms with Gasteiger partial charge in [-0.2, -0.15) is 4.37 Å². The van der Waals surface area contributed by atoms with E-state index in [2.05, 4.69) is 28.1 Å². The number of anilines is 1. The van der Waals surface area contributed by atoms with Crippen LogP contribution in [0, 0.1) is 11.8 Å². The van der Waals surface area contributed by atoms with Crippen LogP contribution in [-0.2, 0) is 11.2 Å². The van der Waals surface area contributed by atoms with Crippen molar-refractivity contribution >= 4 is 22.6 Å². The Kier molecular flexibility index (Phi) is 4.16. The zero-order chi connectivity index (χ0) is 13.1. The molecule has 1 aliphatic rings. The first kappa shape index (κ1) is 13.3. The van der Waals surface area contributed by atoms with Crippen molar-refractivity contribution in [3.8, 4) is 0 Å². The van der Waals surface area contributed by atoms with Gasteiger partial charge >= 0.3 is 5.97 Å². The Hall–Kier alpha value is -1.17. The number of carboxylic acids is 1. The minimum absolute atomic E-state index is 0.190. The van der Waals surface area contributed by atoms with Crippen molar-refractivity contribution in [2.75, 3.05) is 18.0 Å². The summed E-state index contributed by atoms with van der Waals surface area (Å²) in [4.78, 5) is 17.6. The van der Waals surface area contributed by atoms with Crippen LogP contribution >= 0.6 is 11.5 Å². The van der Waals surface area contributed by atoms with Gasteiger partial charge in [-0.05, 0) is 18.8 Å². The largest absolute Gasteiger partial charge is 0.481 e. The highest BCUT2D eigenvalue weighted by Gasteiger charge is 2.26. The van der Waals surface area contributed by atoms with E-state index in [-0.39, 0.29) is 5.92 Å². The van der Waals surface area contributed by atoms with Crippen molar-refractivity contribution in [3.05, 3.63) is 5.82 Å². The minimum atomic E-state index is -0.674. The van der Waals surface area contributed by atoms with E-state index in [9.17, 15) is 4.79 Å². The Bertz CT molecular complexity index is 411. The molecule has 1 aliphatic heterocycles. The van der Waals surface area contributed by atoms with Crippen LogP contribution in [0.5, 0.6) is 0 Å². The van der Waals surface area contributed by atoms with Crippen molar-refractivity contribution in [2.24, 2.45) is 11.8 Å². The van der Waals surface area contributed by atoms with Gasteiger partial charge in [0.1, 0.15) is 5.82 Å². The van der Waals surface area contributed by atoms with Crippen LogP contribution in [-0.4, -0.2) is 33.5 Å². The van der Waals surface area contributed by atoms with Crippen molar-refractivity contribution in [1.29, 1.82) is 0 Å². The molecule has 0 aromatic carbocycles. The van der Waals surface area contributed by atoms with Gasteiger partial charge in [0, 0.05) is 31.0 Å². The maximum absolute atomic E-state index is 10.9. The standard InChI is InChI=1S/C12H19N3O2S/c1-8(2)7-10-13-12(18-14-10)15-5-3-9(4-6-15)11(16)17/h8-9H,3-7H2,1-2H3,(H,16,17). The Morgan fingerprint density at radius 3 is 2.72 bits per heavy atom. The van der Waals surface area contributed by atoms with Crippen LogP contribution in [0.2, 0.25) is 0 Å². The van der Waals surface area contributed by atoms with E-state index < -0.39 is 5.97 Å². The third kappa shape index (κ3) is 3.19. The van der Waals surface area contributed by atoms with Crippen LogP contribution in [0.4, 0.5) is 5.13 Å². The first-order chi connectivity index (χ1) is 8.56. The maximum Gasteiger partial charge on any atom is 0.306 e. The monoisotopic (exact) mass is 269 g/mol. The molecular formula is C12H19N3O2S. The lowest BCUT2D eigenvalue weighted by Crippen LogP contribution is -2.36. The fourth-order valence-electron chi connectivity index (χ4n) is 2.14. The zero-order valence-electron chi connectivity index (χ0n) is 10.8. The summed E-state index contributed by atoms with van der Waals surface area (Å²) in [6.07, 6.45) is 2.31. The summed E-state index contributed by atoms with van der Waals surface area (Å²) in [5, 5.41) is 9.89. The number of piperidine rings is 1. The SMILES string of the molecule is CC(C)Cc1nsc(N2CCC(C(=O)O)CC2)n1. The second-order valence-corrected chi connectivity index (χ2v) is 5.92. The van der Waals surface area contributed by atoms with Gasteiger partial charge in [0.25, 0.3) is 0 Å². The van der Waals surface area contributed by atoms with E-state index in [0.717, 1.165) is 30.5 Å². The number of aromatic nitrogens is 2. The molecular weight excluding hydrogens is 250 g/mol. The van der Waals surface area contributed by atoms with Gasteiger partial charge in [0.05, 0.1) is 5.92 Å². The average Bonchev–Trinajstić information content (AvgIpc) is 2.76. The van der Waals surface area contributed by atoms with Gasteiger partial charge in [-0.1, -0.05) is 13.8 Å². The van der Waals surface area contributed by atoms with Crippen LogP contribution in [0.3, 0.4) is 0 Å². The Labute approximate surface area is 111 Å². The number of hydrogen-bond donors (Lipinski definition) is 1. The molecule has 0 bridgehead atoms. The summed E-state index contributed by atoms with van der Waals surface area (Å²) in [5.41, 5.74) is 0. The fraction of sp³-hybridized carbons (Fsp3) is 0.750. The van der Waals surface area contributed by atoms with Crippen LogP contribution in [0.1, 0.15) is 32.5 Å². The molecule has 6 heteroatoms. The molecule has 1 N–H and O–H groups in total. The van der Waals surface area contributed by atoms with Gasteiger partial charge in [0.15, 0.2) is 0 Å². The van der Waals surface area contributed by atoms with E-state index in [4.69, 9.17) is 5.11 Å². The molecule has 18 heavy (non-hydrogen) atoms. The van der Waals surface area contributed by atoms with Crippen LogP contribution in [0.15, 0.2) is 0 Å². The molecule has 1 aromatic rings. The van der Waals surface area contributed by atoms with Crippen LogP contribution < -0.4 is 4.90 Å². The molecule has 0 atom stereocenters. The third-order valence-electron chi connectivity index (χ3n) is 3.16. The molecule has 0 amide bonds. The fourth-order valence-corrected chi connectivity index (χ4v) is 2.89. The Morgan fingerprint density at radius 1 is 1.50 bits per heavy atom. The summed E-state index contributed by atoms with van der Waals surface area (Å²) in [6.45, 7) is 5.85. The number of hydrogen-bond acceptors (Lipinski definition) is 5. The van der Waals surface area contributed by atoms with Crippen LogP contribution in [0.25, 0.3) is 0 Å². The number of aliphatic carboxylic acids is 1. The van der Waals surface area contributed by atoms with Crippen molar-refractivity contribution < 1.29 is 9.90 Å². The van der Waals surface area contributed by atoms with E-state index >= 15 is 0 Å². The predicted octanol–water partition coefficient (Wildman–Crippen LogP) is 2.04. The minimum Gasteiger partial charge on any atom is -0.481 e. The lowest BCUT2D eigenvalue weighted by Gasteiger charge is -2.29. The molecule has 0 radical (unpaired) electrons. The smallest absolute Gasteiger partial charge is 0.306 e. The Balaban J connectivity index is 1.93. The maximum atomic E-state index is 10.9. The number of nitrogens with zero attached hydrogens (tertiary/aromatic N) is 3.